The van der Waals surface area contributed by atoms with Crippen LogP contribution in [0.25, 0.3) is 33.5 Å². The summed E-state index contributed by atoms with van der Waals surface area (Å²) in [5, 5.41) is 10.5. The Morgan fingerprint density at radius 1 is 0.700 bits per heavy atom. The predicted molar refractivity (Wildman–Crippen MR) is 150 cm³/mol. The highest BCUT2D eigenvalue weighted by molar-refractivity contribution is 6.00. The van der Waals surface area contributed by atoms with Gasteiger partial charge in [-0.05, 0) is 36.2 Å². The van der Waals surface area contributed by atoms with Gasteiger partial charge in [0.05, 0.1) is 54.0 Å². The molecule has 9 heteroatoms. The minimum atomic E-state index is 0.0215. The Labute approximate surface area is 232 Å². The minimum Gasteiger partial charge on any atom is -0.504 e. The Kier molecular flexibility index (Phi) is 6.29. The first kappa shape index (κ1) is 25.6. The number of aromatic nitrogens is 1. The molecule has 3 aromatic carbocycles. The maximum atomic E-state index is 10.5. The molecule has 2 aliphatic rings. The lowest BCUT2D eigenvalue weighted by Crippen LogP contribution is -2.17. The van der Waals surface area contributed by atoms with Crippen molar-refractivity contribution in [1.29, 1.82) is 0 Å². The topological polar surface area (TPSA) is 89.8 Å². The fraction of sp³-hybridized carbons (Fsp3) is 0.290. The van der Waals surface area contributed by atoms with Crippen LogP contribution in [0.2, 0.25) is 0 Å². The van der Waals surface area contributed by atoms with E-state index in [1.54, 1.807) is 41.6 Å². The summed E-state index contributed by atoms with van der Waals surface area (Å²) in [5.74, 6) is 4.02. The largest absolute Gasteiger partial charge is 0.504 e. The van der Waals surface area contributed by atoms with E-state index in [1.165, 1.54) is 7.11 Å². The van der Waals surface area contributed by atoms with E-state index in [1.807, 2.05) is 30.3 Å². The quantitative estimate of drug-likeness (QED) is 0.317. The Morgan fingerprint density at radius 2 is 1.40 bits per heavy atom. The van der Waals surface area contributed by atoms with E-state index in [9.17, 15) is 5.11 Å². The van der Waals surface area contributed by atoms with Crippen LogP contribution in [0.4, 0.5) is 0 Å². The van der Waals surface area contributed by atoms with Crippen molar-refractivity contribution in [2.45, 2.75) is 19.6 Å². The van der Waals surface area contributed by atoms with E-state index < -0.39 is 0 Å². The Morgan fingerprint density at radius 3 is 2.08 bits per heavy atom. The van der Waals surface area contributed by atoms with Crippen LogP contribution >= 0.6 is 0 Å². The van der Waals surface area contributed by atoms with Crippen LogP contribution in [0, 0.1) is 0 Å². The smallest absolute Gasteiger partial charge is 0.203 e. The molecule has 0 atom stereocenters. The van der Waals surface area contributed by atoms with Crippen molar-refractivity contribution in [1.82, 2.24) is 4.57 Å². The number of nitrogens with zero attached hydrogens (tertiary/aromatic N) is 1. The summed E-state index contributed by atoms with van der Waals surface area (Å²) in [6.07, 6.45) is 0.726. The van der Waals surface area contributed by atoms with E-state index in [0.717, 1.165) is 51.2 Å². The van der Waals surface area contributed by atoms with E-state index in [0.29, 0.717) is 53.4 Å². The number of rotatable bonds is 7. The lowest BCUT2D eigenvalue weighted by Gasteiger charge is -2.26. The summed E-state index contributed by atoms with van der Waals surface area (Å²) in [5.41, 5.74) is 7.80. The van der Waals surface area contributed by atoms with Crippen molar-refractivity contribution < 1.29 is 38.3 Å². The van der Waals surface area contributed by atoms with Crippen LogP contribution < -0.4 is 33.2 Å². The molecule has 4 aromatic rings. The summed E-state index contributed by atoms with van der Waals surface area (Å²) in [6, 6.07) is 11.4. The van der Waals surface area contributed by atoms with Crippen molar-refractivity contribution in [3.05, 3.63) is 47.7 Å². The molecule has 9 nitrogen and oxygen atoms in total. The van der Waals surface area contributed by atoms with Gasteiger partial charge in [-0.2, -0.15) is 0 Å². The number of phenols is 1. The van der Waals surface area contributed by atoms with Crippen LogP contribution in [-0.2, 0) is 19.6 Å². The lowest BCUT2D eigenvalue weighted by molar-refractivity contribution is 0.287. The second kappa shape index (κ2) is 9.82. The molecule has 2 aliphatic heterocycles. The van der Waals surface area contributed by atoms with Gasteiger partial charge in [0.15, 0.2) is 34.5 Å². The molecule has 1 aromatic heterocycles. The van der Waals surface area contributed by atoms with Crippen molar-refractivity contribution in [3.63, 3.8) is 0 Å². The van der Waals surface area contributed by atoms with E-state index in [4.69, 9.17) is 33.2 Å². The fourth-order valence-electron chi connectivity index (χ4n) is 5.98. The molecule has 0 saturated heterocycles. The standard InChI is InChI=1S/C31H31NO8/c1-34-22-8-7-16(11-25(22)36-3)27-28-19-13-24(35-2)21(33)14-23(19)40-15-20(28)32-10-9-17-18(29(27)32)12-26(37-4)31(39-6)30(17)38-5/h7-8,11-14,33H,9-10,15H2,1-6H3. The number of methoxy groups -OCH3 is 6. The number of benzene rings is 3. The number of aromatic hydroxyl groups is 1. The zero-order chi connectivity index (χ0) is 28.1. The van der Waals surface area contributed by atoms with Gasteiger partial charge in [-0.15, -0.1) is 0 Å². The molecule has 0 radical (unpaired) electrons. The molecule has 208 valence electrons. The average molecular weight is 546 g/mol. The zero-order valence-corrected chi connectivity index (χ0v) is 23.3. The maximum absolute atomic E-state index is 10.5. The Balaban J connectivity index is 1.74. The summed E-state index contributed by atoms with van der Waals surface area (Å²) in [7, 11) is 9.66. The van der Waals surface area contributed by atoms with Crippen molar-refractivity contribution >= 4 is 0 Å². The van der Waals surface area contributed by atoms with Crippen LogP contribution in [0.3, 0.4) is 0 Å². The number of ether oxygens (including phenoxy) is 7. The van der Waals surface area contributed by atoms with Crippen molar-refractivity contribution in [2.75, 3.05) is 42.7 Å². The molecule has 0 spiro atoms. The molecule has 0 aliphatic carbocycles. The van der Waals surface area contributed by atoms with Gasteiger partial charge in [-0.25, -0.2) is 0 Å². The molecule has 3 heterocycles. The summed E-state index contributed by atoms with van der Waals surface area (Å²) in [4.78, 5) is 0. The monoisotopic (exact) mass is 545 g/mol. The van der Waals surface area contributed by atoms with Crippen molar-refractivity contribution in [3.8, 4) is 79.5 Å². The van der Waals surface area contributed by atoms with E-state index >= 15 is 0 Å². The fourth-order valence-corrected chi connectivity index (χ4v) is 5.98. The molecule has 6 rings (SSSR count). The van der Waals surface area contributed by atoms with E-state index in [-0.39, 0.29) is 5.75 Å². The van der Waals surface area contributed by atoms with Gasteiger partial charge in [0.1, 0.15) is 12.4 Å². The Hall–Kier alpha value is -4.66. The van der Waals surface area contributed by atoms with Gasteiger partial charge in [0, 0.05) is 40.4 Å². The highest BCUT2D eigenvalue weighted by Gasteiger charge is 2.36. The second-order valence-corrected chi connectivity index (χ2v) is 9.50. The molecular weight excluding hydrogens is 514 g/mol. The lowest BCUT2D eigenvalue weighted by atomic mass is 9.88. The first-order valence-electron chi connectivity index (χ1n) is 12.8. The van der Waals surface area contributed by atoms with Crippen molar-refractivity contribution in [2.24, 2.45) is 0 Å². The van der Waals surface area contributed by atoms with Crippen LogP contribution in [0.5, 0.6) is 46.0 Å². The van der Waals surface area contributed by atoms with Crippen LogP contribution in [-0.4, -0.2) is 52.3 Å². The van der Waals surface area contributed by atoms with Gasteiger partial charge in [0.2, 0.25) is 5.75 Å². The molecule has 0 amide bonds. The van der Waals surface area contributed by atoms with Gasteiger partial charge < -0.3 is 42.8 Å². The first-order chi connectivity index (χ1) is 19.5. The molecule has 0 saturated carbocycles. The maximum Gasteiger partial charge on any atom is 0.203 e. The van der Waals surface area contributed by atoms with Crippen LogP contribution in [0.1, 0.15) is 11.3 Å². The molecule has 0 unspecified atom stereocenters. The van der Waals surface area contributed by atoms with E-state index in [2.05, 4.69) is 4.57 Å². The SMILES string of the molecule is COc1cc2c(cc1O)OCc1c-2c(-c2ccc(OC)c(OC)c2)c2n1CCc1c-2cc(OC)c(OC)c1OC. The molecule has 0 fully saturated rings. The van der Waals surface area contributed by atoms with Gasteiger partial charge in [0.25, 0.3) is 0 Å². The third kappa shape index (κ3) is 3.61. The number of hydrogen-bond donors (Lipinski definition) is 1. The first-order valence-corrected chi connectivity index (χ1v) is 12.8. The zero-order valence-electron chi connectivity index (χ0n) is 23.3. The third-order valence-electron chi connectivity index (χ3n) is 7.73. The number of hydrogen-bond acceptors (Lipinski definition) is 8. The Bertz CT molecular complexity index is 1640. The van der Waals surface area contributed by atoms with Gasteiger partial charge in [-0.3, -0.25) is 0 Å². The second-order valence-electron chi connectivity index (χ2n) is 9.50. The summed E-state index contributed by atoms with van der Waals surface area (Å²) < 4.78 is 42.5. The molecule has 1 N–H and O–H groups in total. The molecule has 0 bridgehead atoms. The number of phenolic OH excluding ortho intramolecular Hbond substituents is 1. The highest BCUT2D eigenvalue weighted by atomic mass is 16.5. The molecule has 40 heavy (non-hydrogen) atoms. The molecular formula is C31H31NO8. The van der Waals surface area contributed by atoms with Gasteiger partial charge >= 0.3 is 0 Å². The van der Waals surface area contributed by atoms with Gasteiger partial charge in [-0.1, -0.05) is 6.07 Å². The minimum absolute atomic E-state index is 0.0215. The normalized spacial score (nSPS) is 12.8. The summed E-state index contributed by atoms with van der Waals surface area (Å²) in [6.45, 7) is 1.05. The number of fused-ring (bicyclic) bond motifs is 7. The third-order valence-corrected chi connectivity index (χ3v) is 7.73. The van der Waals surface area contributed by atoms with Crippen LogP contribution in [0.15, 0.2) is 36.4 Å². The summed E-state index contributed by atoms with van der Waals surface area (Å²) >= 11 is 0. The predicted octanol–water partition coefficient (Wildman–Crippen LogP) is 5.69. The average Bonchev–Trinajstić information content (AvgIpc) is 3.34. The highest BCUT2D eigenvalue weighted by Crippen LogP contribution is 2.56.